The van der Waals surface area contributed by atoms with Crippen LogP contribution >= 0.6 is 36.4 Å². The molecule has 0 aromatic heterocycles. The number of amidine groups is 2. The first-order valence-corrected chi connectivity index (χ1v) is 13.7. The highest BCUT2D eigenvalue weighted by Gasteiger charge is 2.12. The van der Waals surface area contributed by atoms with Crippen LogP contribution in [0.25, 0.3) is 0 Å². The summed E-state index contributed by atoms with van der Waals surface area (Å²) in [7, 11) is 0. The van der Waals surface area contributed by atoms with Gasteiger partial charge in [0.1, 0.15) is 0 Å². The van der Waals surface area contributed by atoms with Crippen molar-refractivity contribution >= 4 is 48.0 Å². The molecular formula is C10H30N6O7P2S2. The van der Waals surface area contributed by atoms with E-state index >= 15 is 0 Å². The van der Waals surface area contributed by atoms with Crippen LogP contribution in [0.2, 0.25) is 0 Å². The average Bonchev–Trinajstić information content (AvgIpc) is 2.44. The zero-order valence-corrected chi connectivity index (χ0v) is 18.0. The molecule has 0 aliphatic carbocycles. The smallest absolute Gasteiger partial charge is 0.384 e. The van der Waals surface area contributed by atoms with Gasteiger partial charge in [-0.1, -0.05) is 0 Å². The molecule has 0 amide bonds. The highest BCUT2D eigenvalue weighted by atomic mass is 32.7. The molecule has 0 heterocycles. The van der Waals surface area contributed by atoms with E-state index < -0.39 is 13.6 Å². The maximum Gasteiger partial charge on any atom is 0.384 e. The van der Waals surface area contributed by atoms with Gasteiger partial charge in [0.25, 0.3) is 0 Å². The molecule has 0 aromatic rings. The summed E-state index contributed by atoms with van der Waals surface area (Å²) in [5, 5.41) is 19.6. The van der Waals surface area contributed by atoms with Crippen LogP contribution in [0.15, 0.2) is 0 Å². The third-order valence-corrected chi connectivity index (χ3v) is 6.78. The van der Waals surface area contributed by atoms with Crippen molar-refractivity contribution in [3.63, 3.8) is 0 Å². The van der Waals surface area contributed by atoms with Gasteiger partial charge in [-0.25, -0.2) is 9.13 Å². The Bertz CT molecular complexity index is 460. The Balaban J connectivity index is -0.000000411. The van der Waals surface area contributed by atoms with Crippen molar-refractivity contribution in [1.82, 2.24) is 10.6 Å². The van der Waals surface area contributed by atoms with Crippen molar-refractivity contribution in [2.24, 2.45) is 11.5 Å². The molecule has 0 unspecified atom stereocenters. The lowest BCUT2D eigenvalue weighted by Gasteiger charge is -2.04. The molecule has 13 nitrogen and oxygen atoms in total. The molecule has 0 atom stereocenters. The fourth-order valence-electron chi connectivity index (χ4n) is 1.17. The summed E-state index contributed by atoms with van der Waals surface area (Å²) in [6.07, 6.45) is 0.918. The van der Waals surface area contributed by atoms with Crippen LogP contribution < -0.4 is 22.1 Å². The second kappa shape index (κ2) is 17.9. The molecule has 0 bridgehead atoms. The normalized spacial score (nSPS) is 11.1. The van der Waals surface area contributed by atoms with Crippen LogP contribution in [0.4, 0.5) is 0 Å². The first-order valence-electron chi connectivity index (χ1n) is 7.31. The van der Waals surface area contributed by atoms with E-state index in [9.17, 15) is 9.13 Å². The lowest BCUT2D eigenvalue weighted by molar-refractivity contribution is 0.394. The highest BCUT2D eigenvalue weighted by molar-refractivity contribution is 8.54. The summed E-state index contributed by atoms with van der Waals surface area (Å²) in [4.78, 5) is 33.8. The lowest BCUT2D eigenvalue weighted by Crippen LogP contribution is -2.23. The fourth-order valence-corrected chi connectivity index (χ4v) is 4.09. The van der Waals surface area contributed by atoms with Crippen molar-refractivity contribution in [2.75, 3.05) is 37.7 Å². The second-order valence-corrected chi connectivity index (χ2v) is 12.4. The Morgan fingerprint density at radius 2 is 1.07 bits per heavy atom. The van der Waals surface area contributed by atoms with Gasteiger partial charge in [0.05, 0.1) is 11.7 Å². The Morgan fingerprint density at radius 3 is 1.30 bits per heavy atom. The standard InChI is InChI=1S/2C5H14N3O3PS.H2O/c2*6-5(7)1-2-8-3-4-13-12(9,10)11;/h2*8H,1-4H2,(H3,6,7)(H2,9,10,11);1H2. The van der Waals surface area contributed by atoms with Crippen molar-refractivity contribution in [3.05, 3.63) is 0 Å². The minimum atomic E-state index is -3.92. The van der Waals surface area contributed by atoms with Crippen LogP contribution in [-0.2, 0) is 9.13 Å². The van der Waals surface area contributed by atoms with Gasteiger partial charge < -0.3 is 47.2 Å². The molecule has 0 saturated carbocycles. The quantitative estimate of drug-likeness (QED) is 0.0607. The van der Waals surface area contributed by atoms with E-state index in [-0.39, 0.29) is 17.1 Å². The van der Waals surface area contributed by atoms with E-state index in [2.05, 4.69) is 10.6 Å². The number of nitrogens with two attached hydrogens (primary N) is 2. The average molecular weight is 472 g/mol. The maximum absolute atomic E-state index is 10.3. The van der Waals surface area contributed by atoms with Crippen molar-refractivity contribution < 1.29 is 34.2 Å². The van der Waals surface area contributed by atoms with Gasteiger partial charge >= 0.3 is 13.6 Å². The summed E-state index contributed by atoms with van der Waals surface area (Å²) in [5.41, 5.74) is 10.2. The molecule has 0 fully saturated rings. The summed E-state index contributed by atoms with van der Waals surface area (Å²) in [5.74, 6) is 0.912. The van der Waals surface area contributed by atoms with E-state index in [1.54, 1.807) is 0 Å². The molecule has 164 valence electrons. The molecule has 27 heavy (non-hydrogen) atoms. The van der Waals surface area contributed by atoms with Crippen LogP contribution in [-0.4, -0.2) is 74.4 Å². The largest absolute Gasteiger partial charge is 0.412 e. The summed E-state index contributed by atoms with van der Waals surface area (Å²) in [6, 6.07) is 0. The number of nitrogens with one attached hydrogen (secondary N) is 4. The van der Waals surface area contributed by atoms with Gasteiger partial charge in [-0.2, -0.15) is 0 Å². The van der Waals surface area contributed by atoms with E-state index in [4.69, 9.17) is 41.9 Å². The molecule has 0 aromatic carbocycles. The van der Waals surface area contributed by atoms with Crippen molar-refractivity contribution in [3.8, 4) is 0 Å². The Morgan fingerprint density at radius 1 is 0.778 bits per heavy atom. The van der Waals surface area contributed by atoms with E-state index in [1.165, 1.54) is 0 Å². The van der Waals surface area contributed by atoms with E-state index in [0.717, 1.165) is 0 Å². The lowest BCUT2D eigenvalue weighted by atomic mass is 10.4. The molecule has 0 spiro atoms. The van der Waals surface area contributed by atoms with Gasteiger partial charge in [0, 0.05) is 50.5 Å². The Labute approximate surface area is 166 Å². The molecule has 17 heteroatoms. The number of hydrogen-bond acceptors (Lipinski definition) is 8. The van der Waals surface area contributed by atoms with Gasteiger partial charge in [0.15, 0.2) is 0 Å². The van der Waals surface area contributed by atoms with Gasteiger partial charge in [0.2, 0.25) is 0 Å². The maximum atomic E-state index is 10.3. The molecule has 0 aliphatic rings. The zero-order chi connectivity index (χ0) is 20.6. The minimum absolute atomic E-state index is 0. The zero-order valence-electron chi connectivity index (χ0n) is 14.6. The van der Waals surface area contributed by atoms with Crippen LogP contribution in [0.5, 0.6) is 0 Å². The molecule has 0 rings (SSSR count). The second-order valence-electron chi connectivity index (χ2n) is 4.70. The SMILES string of the molecule is N=C(N)CCNCCSP(=O)(O)O.N=C(N)CCNCCSP(=O)(O)O.O. The predicted molar refractivity (Wildman–Crippen MR) is 111 cm³/mol. The molecular weight excluding hydrogens is 442 g/mol. The van der Waals surface area contributed by atoms with E-state index in [0.29, 0.717) is 73.3 Å². The van der Waals surface area contributed by atoms with Crippen LogP contribution in [0, 0.1) is 10.8 Å². The molecule has 0 aliphatic heterocycles. The van der Waals surface area contributed by atoms with E-state index in [1.807, 2.05) is 0 Å². The fraction of sp³-hybridized carbons (Fsp3) is 0.800. The summed E-state index contributed by atoms with van der Waals surface area (Å²) >= 11 is 1.22. The number of hydrogen-bond donors (Lipinski definition) is 10. The number of rotatable bonds is 14. The first-order chi connectivity index (χ1) is 11.8. The summed E-state index contributed by atoms with van der Waals surface area (Å²) < 4.78 is 20.7. The van der Waals surface area contributed by atoms with Gasteiger partial charge in [-0.05, 0) is 22.8 Å². The Kier molecular flexibility index (Phi) is 20.9. The topological polar surface area (TPSA) is 270 Å². The van der Waals surface area contributed by atoms with Crippen molar-refractivity contribution in [2.45, 2.75) is 12.8 Å². The minimum Gasteiger partial charge on any atom is -0.412 e. The third-order valence-electron chi connectivity index (χ3n) is 2.22. The Hall–Kier alpha value is -0.180. The monoisotopic (exact) mass is 472 g/mol. The third kappa shape index (κ3) is 37.3. The first kappa shape index (κ1) is 31.5. The van der Waals surface area contributed by atoms with Crippen LogP contribution in [0.1, 0.15) is 12.8 Å². The van der Waals surface area contributed by atoms with Gasteiger partial charge in [-0.3, -0.25) is 10.8 Å². The molecule has 0 radical (unpaired) electrons. The highest BCUT2D eigenvalue weighted by Crippen LogP contribution is 2.50. The van der Waals surface area contributed by atoms with Crippen molar-refractivity contribution in [1.29, 1.82) is 10.8 Å². The van der Waals surface area contributed by atoms with Gasteiger partial charge in [-0.15, -0.1) is 0 Å². The molecule has 14 N–H and O–H groups in total. The predicted octanol–water partition coefficient (Wildman–Crippen LogP) is -1.37. The van der Waals surface area contributed by atoms with Crippen LogP contribution in [0.3, 0.4) is 0 Å². The summed E-state index contributed by atoms with van der Waals surface area (Å²) in [6.45, 7) is -5.71. The molecule has 0 saturated heterocycles.